The SMILES string of the molecule is Cc1cc(C)cc(-c2cc(=O)[nH]c(C(C)(C)C)n2)c1. The molecule has 0 saturated carbocycles. The number of aryl methyl sites for hydroxylation is 2. The number of hydrogen-bond donors (Lipinski definition) is 1. The van der Waals surface area contributed by atoms with Gasteiger partial charge in [0.05, 0.1) is 5.69 Å². The first-order valence-corrected chi connectivity index (χ1v) is 6.46. The zero-order chi connectivity index (χ0) is 14.2. The van der Waals surface area contributed by atoms with Gasteiger partial charge in [0.2, 0.25) is 0 Å². The fraction of sp³-hybridized carbons (Fsp3) is 0.375. The predicted molar refractivity (Wildman–Crippen MR) is 78.5 cm³/mol. The molecular formula is C16H20N2O. The molecule has 2 rings (SSSR count). The van der Waals surface area contributed by atoms with Crippen LogP contribution in [-0.4, -0.2) is 9.97 Å². The van der Waals surface area contributed by atoms with Gasteiger partial charge in [-0.2, -0.15) is 0 Å². The van der Waals surface area contributed by atoms with Crippen molar-refractivity contribution in [3.05, 3.63) is 51.6 Å². The summed E-state index contributed by atoms with van der Waals surface area (Å²) in [4.78, 5) is 19.2. The van der Waals surface area contributed by atoms with Crippen LogP contribution in [0.2, 0.25) is 0 Å². The summed E-state index contributed by atoms with van der Waals surface area (Å²) in [7, 11) is 0. The number of benzene rings is 1. The van der Waals surface area contributed by atoms with Crippen molar-refractivity contribution in [2.75, 3.05) is 0 Å². The largest absolute Gasteiger partial charge is 0.310 e. The molecule has 0 aliphatic carbocycles. The third-order valence-corrected chi connectivity index (χ3v) is 2.97. The Morgan fingerprint density at radius 1 is 1.00 bits per heavy atom. The summed E-state index contributed by atoms with van der Waals surface area (Å²) in [6.07, 6.45) is 0. The Balaban J connectivity index is 2.63. The van der Waals surface area contributed by atoms with Crippen molar-refractivity contribution in [3.63, 3.8) is 0 Å². The van der Waals surface area contributed by atoms with Crippen molar-refractivity contribution in [2.45, 2.75) is 40.0 Å². The maximum absolute atomic E-state index is 11.8. The van der Waals surface area contributed by atoms with Crippen LogP contribution in [0, 0.1) is 13.8 Å². The van der Waals surface area contributed by atoms with Crippen LogP contribution >= 0.6 is 0 Å². The molecule has 2 aromatic rings. The van der Waals surface area contributed by atoms with E-state index in [0.29, 0.717) is 5.82 Å². The normalized spacial score (nSPS) is 11.6. The second-order valence-corrected chi connectivity index (χ2v) is 6.11. The molecule has 0 atom stereocenters. The fourth-order valence-corrected chi connectivity index (χ4v) is 2.08. The van der Waals surface area contributed by atoms with Gasteiger partial charge in [0.25, 0.3) is 5.56 Å². The molecule has 0 unspecified atom stereocenters. The lowest BCUT2D eigenvalue weighted by Gasteiger charge is -2.17. The molecule has 0 aliphatic rings. The van der Waals surface area contributed by atoms with Gasteiger partial charge in [0, 0.05) is 17.0 Å². The Bertz CT molecular complexity index is 643. The lowest BCUT2D eigenvalue weighted by molar-refractivity contribution is 0.543. The second-order valence-electron chi connectivity index (χ2n) is 6.11. The van der Waals surface area contributed by atoms with Crippen molar-refractivity contribution in [2.24, 2.45) is 0 Å². The first-order valence-electron chi connectivity index (χ1n) is 6.46. The number of rotatable bonds is 1. The average molecular weight is 256 g/mol. The van der Waals surface area contributed by atoms with E-state index in [-0.39, 0.29) is 11.0 Å². The summed E-state index contributed by atoms with van der Waals surface area (Å²) >= 11 is 0. The first kappa shape index (κ1) is 13.5. The molecule has 0 aliphatic heterocycles. The first-order chi connectivity index (χ1) is 8.75. The molecule has 0 amide bonds. The van der Waals surface area contributed by atoms with E-state index < -0.39 is 0 Å². The molecule has 100 valence electrons. The third kappa shape index (κ3) is 3.11. The molecule has 3 nitrogen and oxygen atoms in total. The number of aromatic amines is 1. The highest BCUT2D eigenvalue weighted by molar-refractivity contribution is 5.61. The summed E-state index contributed by atoms with van der Waals surface area (Å²) < 4.78 is 0. The number of aromatic nitrogens is 2. The lowest BCUT2D eigenvalue weighted by atomic mass is 9.95. The molecule has 1 aromatic carbocycles. The highest BCUT2D eigenvalue weighted by Gasteiger charge is 2.18. The molecular weight excluding hydrogens is 236 g/mol. The molecule has 0 radical (unpaired) electrons. The molecule has 0 spiro atoms. The monoisotopic (exact) mass is 256 g/mol. The number of nitrogens with zero attached hydrogens (tertiary/aromatic N) is 1. The highest BCUT2D eigenvalue weighted by Crippen LogP contribution is 2.22. The zero-order valence-electron chi connectivity index (χ0n) is 12.2. The summed E-state index contributed by atoms with van der Waals surface area (Å²) in [5.41, 5.74) is 3.81. The molecule has 0 saturated heterocycles. The minimum absolute atomic E-state index is 0.103. The van der Waals surface area contributed by atoms with Gasteiger partial charge in [0.1, 0.15) is 5.82 Å². The van der Waals surface area contributed by atoms with Gasteiger partial charge in [0.15, 0.2) is 0 Å². The standard InChI is InChI=1S/C16H20N2O/c1-10-6-11(2)8-12(7-10)13-9-14(19)18-15(17-13)16(3,4)5/h6-9H,1-5H3,(H,17,18,19). The Morgan fingerprint density at radius 3 is 2.11 bits per heavy atom. The molecule has 1 N–H and O–H groups in total. The van der Waals surface area contributed by atoms with Crippen LogP contribution in [0.25, 0.3) is 11.3 Å². The van der Waals surface area contributed by atoms with E-state index in [4.69, 9.17) is 0 Å². The molecule has 1 heterocycles. The molecule has 0 fully saturated rings. The van der Waals surface area contributed by atoms with Crippen LogP contribution in [-0.2, 0) is 5.41 Å². The Kier molecular flexibility index (Phi) is 3.31. The Hall–Kier alpha value is -1.90. The Labute approximate surface area is 113 Å². The van der Waals surface area contributed by atoms with Gasteiger partial charge in [-0.1, -0.05) is 38.0 Å². The summed E-state index contributed by atoms with van der Waals surface area (Å²) in [6.45, 7) is 10.2. The van der Waals surface area contributed by atoms with Gasteiger partial charge in [-0.05, 0) is 26.0 Å². The number of hydrogen-bond acceptors (Lipinski definition) is 2. The maximum Gasteiger partial charge on any atom is 0.251 e. The third-order valence-electron chi connectivity index (χ3n) is 2.97. The molecule has 0 bridgehead atoms. The summed E-state index contributed by atoms with van der Waals surface area (Å²) in [6, 6.07) is 7.78. The zero-order valence-corrected chi connectivity index (χ0v) is 12.2. The van der Waals surface area contributed by atoms with Crippen LogP contribution in [0.4, 0.5) is 0 Å². The van der Waals surface area contributed by atoms with Crippen LogP contribution in [0.1, 0.15) is 37.7 Å². The molecule has 1 aromatic heterocycles. The second kappa shape index (κ2) is 4.65. The van der Waals surface area contributed by atoms with E-state index in [1.54, 1.807) is 6.07 Å². The lowest BCUT2D eigenvalue weighted by Crippen LogP contribution is -2.21. The minimum atomic E-state index is -0.173. The predicted octanol–water partition coefficient (Wildman–Crippen LogP) is 3.35. The van der Waals surface area contributed by atoms with E-state index >= 15 is 0 Å². The van der Waals surface area contributed by atoms with Gasteiger partial charge >= 0.3 is 0 Å². The van der Waals surface area contributed by atoms with Crippen molar-refractivity contribution in [1.82, 2.24) is 9.97 Å². The topological polar surface area (TPSA) is 45.8 Å². The quantitative estimate of drug-likeness (QED) is 0.850. The van der Waals surface area contributed by atoms with E-state index in [9.17, 15) is 4.79 Å². The fourth-order valence-electron chi connectivity index (χ4n) is 2.08. The van der Waals surface area contributed by atoms with Crippen molar-refractivity contribution < 1.29 is 0 Å². The Morgan fingerprint density at radius 2 is 1.58 bits per heavy atom. The van der Waals surface area contributed by atoms with Crippen LogP contribution in [0.3, 0.4) is 0 Å². The minimum Gasteiger partial charge on any atom is -0.310 e. The smallest absolute Gasteiger partial charge is 0.251 e. The van der Waals surface area contributed by atoms with Crippen molar-refractivity contribution in [1.29, 1.82) is 0 Å². The summed E-state index contributed by atoms with van der Waals surface area (Å²) in [5, 5.41) is 0. The summed E-state index contributed by atoms with van der Waals surface area (Å²) in [5.74, 6) is 0.717. The van der Waals surface area contributed by atoms with Crippen LogP contribution in [0.5, 0.6) is 0 Å². The van der Waals surface area contributed by atoms with Gasteiger partial charge < -0.3 is 4.98 Å². The van der Waals surface area contributed by atoms with Gasteiger partial charge in [-0.15, -0.1) is 0 Å². The average Bonchev–Trinajstić information content (AvgIpc) is 2.25. The van der Waals surface area contributed by atoms with Crippen molar-refractivity contribution in [3.8, 4) is 11.3 Å². The van der Waals surface area contributed by atoms with E-state index in [0.717, 1.165) is 11.3 Å². The number of nitrogens with one attached hydrogen (secondary N) is 1. The van der Waals surface area contributed by atoms with E-state index in [1.807, 2.05) is 34.6 Å². The maximum atomic E-state index is 11.8. The van der Waals surface area contributed by atoms with Gasteiger partial charge in [-0.25, -0.2) is 4.98 Å². The van der Waals surface area contributed by atoms with E-state index in [2.05, 4.69) is 28.2 Å². The van der Waals surface area contributed by atoms with Crippen molar-refractivity contribution >= 4 is 0 Å². The van der Waals surface area contributed by atoms with Gasteiger partial charge in [-0.3, -0.25) is 4.79 Å². The molecule has 19 heavy (non-hydrogen) atoms. The number of H-pyrrole nitrogens is 1. The van der Waals surface area contributed by atoms with Crippen LogP contribution < -0.4 is 5.56 Å². The van der Waals surface area contributed by atoms with Crippen LogP contribution in [0.15, 0.2) is 29.1 Å². The highest BCUT2D eigenvalue weighted by atomic mass is 16.1. The molecule has 3 heteroatoms. The van der Waals surface area contributed by atoms with E-state index in [1.165, 1.54) is 11.1 Å².